The number of pyridine rings is 1. The van der Waals surface area contributed by atoms with Gasteiger partial charge in [0.05, 0.1) is 6.42 Å². The standard InChI is InChI=1S/C12H13N3O4S/c13-7-9-3-4-11(8-14-9)20(18,19)15-5-1-2-10(15)6-12(16)17/h3-4,8,10H,1-2,5-6H2,(H,16,17). The van der Waals surface area contributed by atoms with E-state index in [2.05, 4.69) is 4.98 Å². The van der Waals surface area contributed by atoms with E-state index in [0.29, 0.717) is 19.4 Å². The number of nitrogens with zero attached hydrogens (tertiary/aromatic N) is 3. The van der Waals surface area contributed by atoms with Gasteiger partial charge >= 0.3 is 5.97 Å². The number of carboxylic acids is 1. The highest BCUT2D eigenvalue weighted by Crippen LogP contribution is 2.27. The van der Waals surface area contributed by atoms with E-state index in [-0.39, 0.29) is 17.0 Å². The molecule has 8 heteroatoms. The molecule has 1 aromatic heterocycles. The summed E-state index contributed by atoms with van der Waals surface area (Å²) in [7, 11) is -3.76. The minimum atomic E-state index is -3.76. The topological polar surface area (TPSA) is 111 Å². The van der Waals surface area contributed by atoms with Crippen LogP contribution in [0.15, 0.2) is 23.2 Å². The molecule has 7 nitrogen and oxygen atoms in total. The van der Waals surface area contributed by atoms with Gasteiger partial charge in [0, 0.05) is 18.8 Å². The van der Waals surface area contributed by atoms with Crippen LogP contribution in [0.5, 0.6) is 0 Å². The quantitative estimate of drug-likeness (QED) is 0.869. The van der Waals surface area contributed by atoms with Crippen molar-refractivity contribution in [1.82, 2.24) is 9.29 Å². The molecule has 106 valence electrons. The van der Waals surface area contributed by atoms with Crippen molar-refractivity contribution >= 4 is 16.0 Å². The second-order valence-corrected chi connectivity index (χ2v) is 6.39. The Bertz CT molecular complexity index is 648. The fourth-order valence-electron chi connectivity index (χ4n) is 2.27. The molecule has 1 N–H and O–H groups in total. The van der Waals surface area contributed by atoms with Gasteiger partial charge in [-0.1, -0.05) is 0 Å². The molecule has 0 amide bonds. The number of carbonyl (C=O) groups is 1. The second kappa shape index (κ2) is 5.56. The van der Waals surface area contributed by atoms with Crippen LogP contribution in [0.1, 0.15) is 25.0 Å². The molecule has 1 aliphatic rings. The molecule has 1 saturated heterocycles. The summed E-state index contributed by atoms with van der Waals surface area (Å²) in [5.41, 5.74) is 0.132. The fraction of sp³-hybridized carbons (Fsp3) is 0.417. The smallest absolute Gasteiger partial charge is 0.304 e. The summed E-state index contributed by atoms with van der Waals surface area (Å²) < 4.78 is 26.1. The van der Waals surface area contributed by atoms with Gasteiger partial charge in [-0.3, -0.25) is 4.79 Å². The molecule has 1 aliphatic heterocycles. The highest BCUT2D eigenvalue weighted by Gasteiger charge is 2.36. The zero-order valence-electron chi connectivity index (χ0n) is 10.6. The molecule has 20 heavy (non-hydrogen) atoms. The largest absolute Gasteiger partial charge is 0.481 e. The van der Waals surface area contributed by atoms with E-state index in [1.807, 2.05) is 6.07 Å². The number of carboxylic acid groups (broad SMARTS) is 1. The van der Waals surface area contributed by atoms with E-state index >= 15 is 0 Å². The zero-order chi connectivity index (χ0) is 14.8. The Balaban J connectivity index is 2.29. The van der Waals surface area contributed by atoms with Crippen LogP contribution in [0.25, 0.3) is 0 Å². The first-order valence-electron chi connectivity index (χ1n) is 6.05. The van der Waals surface area contributed by atoms with E-state index in [1.165, 1.54) is 16.4 Å². The highest BCUT2D eigenvalue weighted by atomic mass is 32.2. The summed E-state index contributed by atoms with van der Waals surface area (Å²) in [6.07, 6.45) is 2.10. The van der Waals surface area contributed by atoms with Gasteiger partial charge < -0.3 is 5.11 Å². The maximum atomic E-state index is 12.4. The Hall–Kier alpha value is -1.98. The van der Waals surface area contributed by atoms with Crippen molar-refractivity contribution in [3.8, 4) is 6.07 Å². The van der Waals surface area contributed by atoms with Gasteiger partial charge in [-0.25, -0.2) is 13.4 Å². The molecule has 1 aromatic rings. The maximum Gasteiger partial charge on any atom is 0.304 e. The molecule has 0 bridgehead atoms. The summed E-state index contributed by atoms with van der Waals surface area (Å²) in [5, 5.41) is 17.5. The van der Waals surface area contributed by atoms with E-state index in [9.17, 15) is 13.2 Å². The lowest BCUT2D eigenvalue weighted by atomic mass is 10.2. The van der Waals surface area contributed by atoms with Crippen molar-refractivity contribution in [3.05, 3.63) is 24.0 Å². The van der Waals surface area contributed by atoms with E-state index in [4.69, 9.17) is 10.4 Å². The van der Waals surface area contributed by atoms with Crippen molar-refractivity contribution in [1.29, 1.82) is 5.26 Å². The molecule has 0 radical (unpaired) electrons. The first-order valence-corrected chi connectivity index (χ1v) is 7.49. The van der Waals surface area contributed by atoms with Crippen LogP contribution >= 0.6 is 0 Å². The molecular weight excluding hydrogens is 282 g/mol. The molecule has 2 rings (SSSR count). The normalized spacial score (nSPS) is 19.6. The molecule has 0 aromatic carbocycles. The third-order valence-corrected chi connectivity index (χ3v) is 5.13. The summed E-state index contributed by atoms with van der Waals surface area (Å²) in [4.78, 5) is 14.5. The third kappa shape index (κ3) is 2.79. The van der Waals surface area contributed by atoms with Crippen LogP contribution in [0.4, 0.5) is 0 Å². The number of aromatic nitrogens is 1. The van der Waals surface area contributed by atoms with Crippen LogP contribution in [0.3, 0.4) is 0 Å². The highest BCUT2D eigenvalue weighted by molar-refractivity contribution is 7.89. The summed E-state index contributed by atoms with van der Waals surface area (Å²) >= 11 is 0. The van der Waals surface area contributed by atoms with Crippen molar-refractivity contribution < 1.29 is 18.3 Å². The molecule has 2 heterocycles. The Morgan fingerprint density at radius 2 is 2.30 bits per heavy atom. The van der Waals surface area contributed by atoms with Crippen molar-refractivity contribution in [2.45, 2.75) is 30.2 Å². The van der Waals surface area contributed by atoms with Gasteiger partial charge in [0.25, 0.3) is 0 Å². The molecule has 0 saturated carbocycles. The SMILES string of the molecule is N#Cc1ccc(S(=O)(=O)N2CCCC2CC(=O)O)cn1. The monoisotopic (exact) mass is 295 g/mol. The average molecular weight is 295 g/mol. The number of aliphatic carboxylic acids is 1. The summed E-state index contributed by atoms with van der Waals surface area (Å²) in [6, 6.07) is 3.94. The van der Waals surface area contributed by atoms with Crippen molar-refractivity contribution in [3.63, 3.8) is 0 Å². The first-order chi connectivity index (χ1) is 9.45. The van der Waals surface area contributed by atoms with Gasteiger partial charge in [0.15, 0.2) is 0 Å². The Morgan fingerprint density at radius 1 is 1.55 bits per heavy atom. The third-order valence-electron chi connectivity index (χ3n) is 3.19. The van der Waals surface area contributed by atoms with E-state index in [0.717, 1.165) is 6.20 Å². The van der Waals surface area contributed by atoms with Gasteiger partial charge in [-0.2, -0.15) is 9.57 Å². The average Bonchev–Trinajstić information content (AvgIpc) is 2.87. The van der Waals surface area contributed by atoms with E-state index in [1.54, 1.807) is 0 Å². The minimum Gasteiger partial charge on any atom is -0.481 e. The van der Waals surface area contributed by atoms with Crippen LogP contribution in [-0.4, -0.2) is 41.4 Å². The lowest BCUT2D eigenvalue weighted by molar-refractivity contribution is -0.137. The molecule has 1 unspecified atom stereocenters. The maximum absolute atomic E-state index is 12.4. The molecule has 1 atom stereocenters. The predicted molar refractivity (Wildman–Crippen MR) is 68.1 cm³/mol. The Kier molecular flexibility index (Phi) is 4.01. The number of hydrogen-bond donors (Lipinski definition) is 1. The summed E-state index contributed by atoms with van der Waals surface area (Å²) in [6.45, 7) is 0.306. The second-order valence-electron chi connectivity index (χ2n) is 4.50. The summed E-state index contributed by atoms with van der Waals surface area (Å²) in [5.74, 6) is -1.02. The number of sulfonamides is 1. The number of rotatable bonds is 4. The number of hydrogen-bond acceptors (Lipinski definition) is 5. The van der Waals surface area contributed by atoms with E-state index < -0.39 is 22.0 Å². The molecular formula is C12H13N3O4S. The molecule has 0 aliphatic carbocycles. The van der Waals surface area contributed by atoms with Crippen LogP contribution in [-0.2, 0) is 14.8 Å². The predicted octanol–water partition coefficient (Wildman–Crippen LogP) is 0.581. The lowest BCUT2D eigenvalue weighted by Crippen LogP contribution is -2.36. The lowest BCUT2D eigenvalue weighted by Gasteiger charge is -2.22. The van der Waals surface area contributed by atoms with Gasteiger partial charge in [-0.15, -0.1) is 0 Å². The number of nitriles is 1. The Morgan fingerprint density at radius 3 is 2.85 bits per heavy atom. The first kappa shape index (κ1) is 14.4. The van der Waals surface area contributed by atoms with Crippen molar-refractivity contribution in [2.24, 2.45) is 0 Å². The van der Waals surface area contributed by atoms with Gasteiger partial charge in [0.1, 0.15) is 16.7 Å². The van der Waals surface area contributed by atoms with Gasteiger partial charge in [-0.05, 0) is 25.0 Å². The van der Waals surface area contributed by atoms with Crippen molar-refractivity contribution in [2.75, 3.05) is 6.54 Å². The van der Waals surface area contributed by atoms with Gasteiger partial charge in [0.2, 0.25) is 10.0 Å². The minimum absolute atomic E-state index is 0.0196. The zero-order valence-corrected chi connectivity index (χ0v) is 11.4. The van der Waals surface area contributed by atoms with Crippen LogP contribution < -0.4 is 0 Å². The Labute approximate surface area is 116 Å². The fourth-order valence-corrected chi connectivity index (χ4v) is 3.90. The molecule has 1 fully saturated rings. The van der Waals surface area contributed by atoms with Crippen LogP contribution in [0.2, 0.25) is 0 Å². The van der Waals surface area contributed by atoms with Crippen LogP contribution in [0, 0.1) is 11.3 Å². The molecule has 0 spiro atoms.